The smallest absolute Gasteiger partial charge is 0.291 e. The van der Waals surface area contributed by atoms with Gasteiger partial charge in [0.15, 0.2) is 0 Å². The Hall–Kier alpha value is -3.15. The quantitative estimate of drug-likeness (QED) is 0.697. The van der Waals surface area contributed by atoms with Crippen molar-refractivity contribution in [1.29, 1.82) is 0 Å². The van der Waals surface area contributed by atoms with Crippen molar-refractivity contribution in [3.63, 3.8) is 0 Å². The highest BCUT2D eigenvalue weighted by atomic mass is 16.5. The van der Waals surface area contributed by atoms with E-state index in [0.29, 0.717) is 31.5 Å². The first kappa shape index (κ1) is 17.9. The molecule has 148 valence electrons. The third-order valence-corrected chi connectivity index (χ3v) is 5.53. The molecule has 6 heteroatoms. The second kappa shape index (κ2) is 7.70. The summed E-state index contributed by atoms with van der Waals surface area (Å²) in [5, 5.41) is 4.35. The van der Waals surface area contributed by atoms with E-state index in [4.69, 9.17) is 4.74 Å². The van der Waals surface area contributed by atoms with E-state index in [2.05, 4.69) is 15.3 Å². The van der Waals surface area contributed by atoms with Crippen molar-refractivity contribution >= 4 is 22.5 Å². The van der Waals surface area contributed by atoms with Crippen LogP contribution in [0.2, 0.25) is 0 Å². The van der Waals surface area contributed by atoms with Crippen molar-refractivity contribution < 1.29 is 9.53 Å². The number of nitrogens with one attached hydrogen (secondary N) is 1. The predicted molar refractivity (Wildman–Crippen MR) is 112 cm³/mol. The van der Waals surface area contributed by atoms with E-state index in [1.807, 2.05) is 59.5 Å². The summed E-state index contributed by atoms with van der Waals surface area (Å²) in [6.45, 7) is 1.99. The van der Waals surface area contributed by atoms with Crippen LogP contribution in [-0.2, 0) is 0 Å². The van der Waals surface area contributed by atoms with E-state index in [1.54, 1.807) is 0 Å². The first-order chi connectivity index (χ1) is 14.3. The lowest BCUT2D eigenvalue weighted by Crippen LogP contribution is -2.32. The van der Waals surface area contributed by atoms with Crippen molar-refractivity contribution in [2.75, 3.05) is 25.0 Å². The van der Waals surface area contributed by atoms with Crippen molar-refractivity contribution in [1.82, 2.24) is 14.9 Å². The van der Waals surface area contributed by atoms with Gasteiger partial charge in [-0.25, -0.2) is 4.98 Å². The Bertz CT molecular complexity index is 1020. The molecule has 1 aromatic heterocycles. The van der Waals surface area contributed by atoms with E-state index in [-0.39, 0.29) is 17.8 Å². The van der Waals surface area contributed by atoms with Gasteiger partial charge in [-0.05, 0) is 49.4 Å². The van der Waals surface area contributed by atoms with Gasteiger partial charge in [0.2, 0.25) is 11.7 Å². The molecule has 1 N–H and O–H groups in total. The van der Waals surface area contributed by atoms with E-state index in [0.717, 1.165) is 23.0 Å². The fourth-order valence-corrected chi connectivity index (χ4v) is 3.71. The first-order valence-corrected chi connectivity index (χ1v) is 10.3. The molecule has 1 aliphatic heterocycles. The Labute approximate surface area is 169 Å². The molecule has 5 rings (SSSR count). The van der Waals surface area contributed by atoms with Gasteiger partial charge >= 0.3 is 0 Å². The molecule has 1 atom stereocenters. The Morgan fingerprint density at radius 3 is 2.66 bits per heavy atom. The number of nitrogens with zero attached hydrogens (tertiary/aromatic N) is 3. The van der Waals surface area contributed by atoms with Crippen LogP contribution >= 0.6 is 0 Å². The van der Waals surface area contributed by atoms with Crippen LogP contribution < -0.4 is 10.1 Å². The summed E-state index contributed by atoms with van der Waals surface area (Å²) < 4.78 is 5.96. The third kappa shape index (κ3) is 4.01. The highest BCUT2D eigenvalue weighted by molar-refractivity contribution is 5.94. The largest absolute Gasteiger partial charge is 0.477 e. The molecule has 1 unspecified atom stereocenters. The van der Waals surface area contributed by atoms with Gasteiger partial charge in [0.25, 0.3) is 5.91 Å². The average Bonchev–Trinajstić information content (AvgIpc) is 3.48. The van der Waals surface area contributed by atoms with Crippen LogP contribution in [0.1, 0.15) is 29.9 Å². The number of amides is 1. The lowest BCUT2D eigenvalue weighted by Gasteiger charge is -2.18. The summed E-state index contributed by atoms with van der Waals surface area (Å²) in [5.74, 6) is 1.22. The molecule has 1 saturated carbocycles. The van der Waals surface area contributed by atoms with Gasteiger partial charge in [0.1, 0.15) is 0 Å². The van der Waals surface area contributed by atoms with Crippen molar-refractivity contribution in [2.24, 2.45) is 5.92 Å². The molecule has 2 fully saturated rings. The van der Waals surface area contributed by atoms with Gasteiger partial charge < -0.3 is 15.0 Å². The monoisotopic (exact) mass is 388 g/mol. The Kier molecular flexibility index (Phi) is 4.76. The summed E-state index contributed by atoms with van der Waals surface area (Å²) in [6, 6.07) is 18.0. The molecular weight excluding hydrogens is 364 g/mol. The van der Waals surface area contributed by atoms with Crippen molar-refractivity contribution in [3.05, 3.63) is 60.4 Å². The number of anilines is 1. The van der Waals surface area contributed by atoms with Crippen LogP contribution in [0, 0.1) is 5.92 Å². The fraction of sp³-hybridized carbons (Fsp3) is 0.348. The van der Waals surface area contributed by atoms with E-state index >= 15 is 0 Å². The zero-order valence-electron chi connectivity index (χ0n) is 16.3. The van der Waals surface area contributed by atoms with Gasteiger partial charge in [-0.15, -0.1) is 0 Å². The molecule has 1 saturated heterocycles. The highest BCUT2D eigenvalue weighted by Crippen LogP contribution is 2.31. The fourth-order valence-electron chi connectivity index (χ4n) is 3.71. The molecule has 0 spiro atoms. The van der Waals surface area contributed by atoms with Gasteiger partial charge in [-0.1, -0.05) is 30.3 Å². The number of fused-ring (bicyclic) bond motifs is 1. The zero-order chi connectivity index (χ0) is 19.6. The molecule has 1 amide bonds. The van der Waals surface area contributed by atoms with Gasteiger partial charge in [0, 0.05) is 24.8 Å². The maximum atomic E-state index is 13.1. The molecular formula is C23H24N4O2. The summed E-state index contributed by atoms with van der Waals surface area (Å²) >= 11 is 0. The summed E-state index contributed by atoms with van der Waals surface area (Å²) in [7, 11) is 0. The van der Waals surface area contributed by atoms with Crippen LogP contribution in [0.15, 0.2) is 54.6 Å². The number of carbonyl (C=O) groups is 1. The van der Waals surface area contributed by atoms with Crippen LogP contribution in [0.5, 0.6) is 5.88 Å². The topological polar surface area (TPSA) is 67.3 Å². The minimum absolute atomic E-state index is 0.135. The summed E-state index contributed by atoms with van der Waals surface area (Å²) in [4.78, 5) is 24.0. The van der Waals surface area contributed by atoms with E-state index in [9.17, 15) is 4.79 Å². The maximum Gasteiger partial charge on any atom is 0.291 e. The van der Waals surface area contributed by atoms with Crippen molar-refractivity contribution in [3.8, 4) is 5.88 Å². The number of likely N-dealkylation sites (tertiary alicyclic amines) is 1. The second-order valence-corrected chi connectivity index (χ2v) is 7.87. The molecule has 2 aliphatic rings. The first-order valence-electron chi connectivity index (χ1n) is 10.3. The van der Waals surface area contributed by atoms with Gasteiger partial charge in [-0.2, -0.15) is 4.98 Å². The lowest BCUT2D eigenvalue weighted by atomic mass is 10.2. The number of ether oxygens (including phenoxy) is 1. The van der Waals surface area contributed by atoms with Crippen LogP contribution in [-0.4, -0.2) is 46.5 Å². The third-order valence-electron chi connectivity index (χ3n) is 5.53. The minimum Gasteiger partial charge on any atom is -0.477 e. The number of aromatic nitrogens is 2. The highest BCUT2D eigenvalue weighted by Gasteiger charge is 2.29. The number of hydrogen-bond acceptors (Lipinski definition) is 5. The SMILES string of the molecule is O=C(c1nc(OCC2CC2)c2ccccc2n1)N1CCC(Nc2ccccc2)C1. The number of carbonyl (C=O) groups excluding carboxylic acids is 1. The predicted octanol–water partition coefficient (Wildman–Crippen LogP) is 3.75. The number of para-hydroxylation sites is 2. The van der Waals surface area contributed by atoms with E-state index in [1.165, 1.54) is 12.8 Å². The molecule has 3 aromatic rings. The summed E-state index contributed by atoms with van der Waals surface area (Å²) in [5.41, 5.74) is 1.82. The molecule has 0 radical (unpaired) electrons. The lowest BCUT2D eigenvalue weighted by molar-refractivity contribution is 0.0778. The van der Waals surface area contributed by atoms with Gasteiger partial charge in [-0.3, -0.25) is 4.79 Å². The van der Waals surface area contributed by atoms with Crippen LogP contribution in [0.25, 0.3) is 10.9 Å². The number of benzene rings is 2. The summed E-state index contributed by atoms with van der Waals surface area (Å²) in [6.07, 6.45) is 3.32. The van der Waals surface area contributed by atoms with Crippen molar-refractivity contribution in [2.45, 2.75) is 25.3 Å². The van der Waals surface area contributed by atoms with E-state index < -0.39 is 0 Å². The molecule has 0 bridgehead atoms. The Balaban J connectivity index is 1.33. The van der Waals surface area contributed by atoms with Gasteiger partial charge in [0.05, 0.1) is 17.5 Å². The molecule has 6 nitrogen and oxygen atoms in total. The number of hydrogen-bond donors (Lipinski definition) is 1. The standard InChI is InChI=1S/C23H24N4O2/c28-23(27-13-12-18(14-27)24-17-6-2-1-3-7-17)21-25-20-9-5-4-8-19(20)22(26-21)29-15-16-10-11-16/h1-9,16,18,24H,10-15H2. The second-order valence-electron chi connectivity index (χ2n) is 7.87. The minimum atomic E-state index is -0.135. The normalized spacial score (nSPS) is 18.8. The maximum absolute atomic E-state index is 13.1. The Morgan fingerprint density at radius 2 is 1.83 bits per heavy atom. The number of rotatable bonds is 6. The average molecular weight is 388 g/mol. The molecule has 1 aliphatic carbocycles. The molecule has 2 aromatic carbocycles. The Morgan fingerprint density at radius 1 is 1.03 bits per heavy atom. The zero-order valence-corrected chi connectivity index (χ0v) is 16.3. The van der Waals surface area contributed by atoms with Crippen LogP contribution in [0.3, 0.4) is 0 Å². The van der Waals surface area contributed by atoms with Crippen LogP contribution in [0.4, 0.5) is 5.69 Å². The molecule has 29 heavy (non-hydrogen) atoms. The molecule has 2 heterocycles.